The smallest absolute Gasteiger partial charge is 0.251 e. The summed E-state index contributed by atoms with van der Waals surface area (Å²) in [5.41, 5.74) is 7.95. The van der Waals surface area contributed by atoms with Crippen molar-refractivity contribution in [2.75, 3.05) is 26.0 Å². The Bertz CT molecular complexity index is 442. The number of carbonyl (C=O) groups excluding carboxylic acids is 1. The number of hydrogen-bond donors (Lipinski definition) is 2. The van der Waals surface area contributed by atoms with Crippen LogP contribution in [0.1, 0.15) is 36.2 Å². The summed E-state index contributed by atoms with van der Waals surface area (Å²) in [5.74, 6) is -0.0528. The molecule has 1 aromatic carbocycles. The lowest BCUT2D eigenvalue weighted by Gasteiger charge is -2.24. The van der Waals surface area contributed by atoms with Gasteiger partial charge < -0.3 is 15.8 Å². The van der Waals surface area contributed by atoms with Gasteiger partial charge in [-0.25, -0.2) is 0 Å². The molecule has 19 heavy (non-hydrogen) atoms. The van der Waals surface area contributed by atoms with Crippen molar-refractivity contribution in [3.63, 3.8) is 0 Å². The van der Waals surface area contributed by atoms with E-state index in [1.165, 1.54) is 0 Å². The summed E-state index contributed by atoms with van der Waals surface area (Å²) in [6, 6.07) is 5.32. The summed E-state index contributed by atoms with van der Waals surface area (Å²) < 4.78 is 5.07. The predicted molar refractivity (Wildman–Crippen MR) is 78.2 cm³/mol. The van der Waals surface area contributed by atoms with Crippen LogP contribution in [0.25, 0.3) is 0 Å². The number of anilines is 1. The molecule has 1 aromatic rings. The lowest BCUT2D eigenvalue weighted by atomic mass is 9.89. The molecule has 0 fully saturated rings. The van der Waals surface area contributed by atoms with Crippen molar-refractivity contribution in [1.29, 1.82) is 0 Å². The van der Waals surface area contributed by atoms with Crippen molar-refractivity contribution in [3.05, 3.63) is 29.3 Å². The molecule has 0 saturated heterocycles. The summed E-state index contributed by atoms with van der Waals surface area (Å²) in [6.07, 6.45) is 0.907. The molecule has 0 aliphatic heterocycles. The zero-order chi connectivity index (χ0) is 14.5. The van der Waals surface area contributed by atoms with Crippen LogP contribution in [0.3, 0.4) is 0 Å². The van der Waals surface area contributed by atoms with Gasteiger partial charge in [-0.15, -0.1) is 0 Å². The van der Waals surface area contributed by atoms with E-state index >= 15 is 0 Å². The number of nitrogens with two attached hydrogens (primary N) is 1. The number of aryl methyl sites for hydroxylation is 1. The Morgan fingerprint density at radius 3 is 2.68 bits per heavy atom. The average molecular weight is 264 g/mol. The van der Waals surface area contributed by atoms with Gasteiger partial charge in [0.2, 0.25) is 0 Å². The standard InChI is InChI=1S/C15H24N2O2/c1-11-9-12(16)5-6-13(11)14(18)17-10-15(2,3)7-8-19-4/h5-6,9H,7-8,10,16H2,1-4H3,(H,17,18). The monoisotopic (exact) mass is 264 g/mol. The summed E-state index contributed by atoms with van der Waals surface area (Å²) in [7, 11) is 1.69. The second-order valence-corrected chi connectivity index (χ2v) is 5.66. The highest BCUT2D eigenvalue weighted by Gasteiger charge is 2.19. The average Bonchev–Trinajstić information content (AvgIpc) is 2.34. The maximum absolute atomic E-state index is 12.1. The maximum Gasteiger partial charge on any atom is 0.251 e. The summed E-state index contributed by atoms with van der Waals surface area (Å²) in [6.45, 7) is 7.44. The number of amides is 1. The van der Waals surface area contributed by atoms with E-state index in [1.807, 2.05) is 13.0 Å². The number of benzene rings is 1. The van der Waals surface area contributed by atoms with Crippen molar-refractivity contribution in [3.8, 4) is 0 Å². The van der Waals surface area contributed by atoms with Crippen LogP contribution in [0.2, 0.25) is 0 Å². The van der Waals surface area contributed by atoms with Crippen LogP contribution in [0, 0.1) is 12.3 Å². The van der Waals surface area contributed by atoms with Gasteiger partial charge in [0.1, 0.15) is 0 Å². The number of ether oxygens (including phenoxy) is 1. The Kier molecular flexibility index (Phi) is 5.36. The number of nitrogens with one attached hydrogen (secondary N) is 1. The number of nitrogen functional groups attached to an aromatic ring is 1. The Hall–Kier alpha value is -1.55. The molecule has 0 aliphatic rings. The minimum Gasteiger partial charge on any atom is -0.399 e. The molecule has 0 aliphatic carbocycles. The van der Waals surface area contributed by atoms with Gasteiger partial charge in [-0.05, 0) is 42.5 Å². The van der Waals surface area contributed by atoms with E-state index in [-0.39, 0.29) is 11.3 Å². The molecular weight excluding hydrogens is 240 g/mol. The molecule has 0 spiro atoms. The van der Waals surface area contributed by atoms with Gasteiger partial charge in [0, 0.05) is 31.5 Å². The van der Waals surface area contributed by atoms with E-state index in [1.54, 1.807) is 19.2 Å². The molecule has 4 heteroatoms. The number of methoxy groups -OCH3 is 1. The van der Waals surface area contributed by atoms with E-state index in [0.29, 0.717) is 24.4 Å². The minimum atomic E-state index is -0.0528. The van der Waals surface area contributed by atoms with Crippen LogP contribution >= 0.6 is 0 Å². The van der Waals surface area contributed by atoms with Crippen LogP contribution in [0.5, 0.6) is 0 Å². The first-order valence-corrected chi connectivity index (χ1v) is 6.49. The molecule has 1 rings (SSSR count). The molecule has 4 nitrogen and oxygen atoms in total. The summed E-state index contributed by atoms with van der Waals surface area (Å²) in [5, 5.41) is 2.97. The van der Waals surface area contributed by atoms with E-state index in [4.69, 9.17) is 10.5 Å². The van der Waals surface area contributed by atoms with Crippen molar-refractivity contribution >= 4 is 11.6 Å². The number of hydrogen-bond acceptors (Lipinski definition) is 3. The quantitative estimate of drug-likeness (QED) is 0.775. The van der Waals surface area contributed by atoms with Gasteiger partial charge in [-0.3, -0.25) is 4.79 Å². The lowest BCUT2D eigenvalue weighted by molar-refractivity contribution is 0.0920. The highest BCUT2D eigenvalue weighted by atomic mass is 16.5. The summed E-state index contributed by atoms with van der Waals surface area (Å²) >= 11 is 0. The Balaban J connectivity index is 2.60. The first-order valence-electron chi connectivity index (χ1n) is 6.49. The Morgan fingerprint density at radius 1 is 1.42 bits per heavy atom. The van der Waals surface area contributed by atoms with E-state index in [2.05, 4.69) is 19.2 Å². The van der Waals surface area contributed by atoms with Crippen LogP contribution < -0.4 is 11.1 Å². The minimum absolute atomic E-state index is 0.0212. The van der Waals surface area contributed by atoms with Gasteiger partial charge in [-0.1, -0.05) is 13.8 Å². The van der Waals surface area contributed by atoms with Crippen molar-refractivity contribution in [1.82, 2.24) is 5.32 Å². The van der Waals surface area contributed by atoms with E-state index in [9.17, 15) is 4.79 Å². The SMILES string of the molecule is COCCC(C)(C)CNC(=O)c1ccc(N)cc1C. The van der Waals surface area contributed by atoms with E-state index < -0.39 is 0 Å². The normalized spacial score (nSPS) is 11.4. The van der Waals surface area contributed by atoms with Crippen molar-refractivity contribution < 1.29 is 9.53 Å². The molecule has 106 valence electrons. The molecule has 0 saturated carbocycles. The first-order chi connectivity index (χ1) is 8.85. The van der Waals surface area contributed by atoms with Gasteiger partial charge in [0.05, 0.1) is 0 Å². The number of carbonyl (C=O) groups is 1. The van der Waals surface area contributed by atoms with Gasteiger partial charge in [0.15, 0.2) is 0 Å². The molecule has 0 radical (unpaired) electrons. The lowest BCUT2D eigenvalue weighted by Crippen LogP contribution is -2.35. The third-order valence-electron chi connectivity index (χ3n) is 3.21. The molecule has 0 heterocycles. The van der Waals surface area contributed by atoms with Crippen LogP contribution in [0.4, 0.5) is 5.69 Å². The highest BCUT2D eigenvalue weighted by molar-refractivity contribution is 5.96. The topological polar surface area (TPSA) is 64.3 Å². The largest absolute Gasteiger partial charge is 0.399 e. The van der Waals surface area contributed by atoms with Gasteiger partial charge in [0.25, 0.3) is 5.91 Å². The van der Waals surface area contributed by atoms with Crippen LogP contribution in [0.15, 0.2) is 18.2 Å². The first kappa shape index (κ1) is 15.5. The molecule has 3 N–H and O–H groups in total. The zero-order valence-corrected chi connectivity index (χ0v) is 12.2. The molecule has 1 amide bonds. The van der Waals surface area contributed by atoms with Crippen molar-refractivity contribution in [2.24, 2.45) is 5.41 Å². The van der Waals surface area contributed by atoms with Gasteiger partial charge in [-0.2, -0.15) is 0 Å². The molecule has 0 unspecified atom stereocenters. The van der Waals surface area contributed by atoms with Crippen LogP contribution in [-0.4, -0.2) is 26.2 Å². The number of rotatable bonds is 6. The third kappa shape index (κ3) is 4.91. The van der Waals surface area contributed by atoms with E-state index in [0.717, 1.165) is 12.0 Å². The Labute approximate surface area is 115 Å². The second kappa shape index (κ2) is 6.57. The van der Waals surface area contributed by atoms with Crippen molar-refractivity contribution in [2.45, 2.75) is 27.2 Å². The fourth-order valence-electron chi connectivity index (χ4n) is 1.82. The summed E-state index contributed by atoms with van der Waals surface area (Å²) in [4.78, 5) is 12.1. The highest BCUT2D eigenvalue weighted by Crippen LogP contribution is 2.19. The molecule has 0 bridgehead atoms. The fourth-order valence-corrected chi connectivity index (χ4v) is 1.82. The van der Waals surface area contributed by atoms with Gasteiger partial charge >= 0.3 is 0 Å². The zero-order valence-electron chi connectivity index (χ0n) is 12.2. The maximum atomic E-state index is 12.1. The van der Waals surface area contributed by atoms with Crippen LogP contribution in [-0.2, 0) is 4.74 Å². The Morgan fingerprint density at radius 2 is 2.11 bits per heavy atom. The fraction of sp³-hybridized carbons (Fsp3) is 0.533. The molecule has 0 aromatic heterocycles. The second-order valence-electron chi connectivity index (χ2n) is 5.66. The predicted octanol–water partition coefficient (Wildman–Crippen LogP) is 2.37. The molecule has 0 atom stereocenters. The molecular formula is C15H24N2O2. The third-order valence-corrected chi connectivity index (χ3v) is 3.21.